The van der Waals surface area contributed by atoms with Gasteiger partial charge in [-0.3, -0.25) is 0 Å². The summed E-state index contributed by atoms with van der Waals surface area (Å²) in [4.78, 5) is 41.0. The minimum Gasteiger partial charge on any atom is -0.461 e. The third-order valence-corrected chi connectivity index (χ3v) is 6.21. The van der Waals surface area contributed by atoms with Crippen molar-refractivity contribution >= 4 is 28.8 Å². The van der Waals surface area contributed by atoms with E-state index in [9.17, 15) is 9.59 Å². The number of carbonyl (C=O) groups excluding carboxylic acids is 2. The Hall–Kier alpha value is -4.34. The molecule has 0 radical (unpaired) electrons. The van der Waals surface area contributed by atoms with Gasteiger partial charge in [0, 0.05) is 60.8 Å². The summed E-state index contributed by atoms with van der Waals surface area (Å²) in [7, 11) is 0. The van der Waals surface area contributed by atoms with Gasteiger partial charge < -0.3 is 28.7 Å². The second-order valence-electron chi connectivity index (χ2n) is 10.0. The number of aromatic amines is 1. The third kappa shape index (κ3) is 5.20. The highest BCUT2D eigenvalue weighted by Gasteiger charge is 2.27. The van der Waals surface area contributed by atoms with Crippen LogP contribution in [0.5, 0.6) is 0 Å². The van der Waals surface area contributed by atoms with E-state index in [2.05, 4.69) is 19.9 Å². The Kier molecular flexibility index (Phi) is 6.79. The van der Waals surface area contributed by atoms with Crippen molar-refractivity contribution in [1.82, 2.24) is 19.9 Å². The summed E-state index contributed by atoms with van der Waals surface area (Å²) in [6.45, 7) is 10.1. The van der Waals surface area contributed by atoms with Gasteiger partial charge in [0.05, 0.1) is 6.61 Å². The van der Waals surface area contributed by atoms with Gasteiger partial charge in [-0.1, -0.05) is 0 Å². The van der Waals surface area contributed by atoms with Gasteiger partial charge >= 0.3 is 12.1 Å². The summed E-state index contributed by atoms with van der Waals surface area (Å²) >= 11 is 0. The Morgan fingerprint density at radius 1 is 1.05 bits per heavy atom. The van der Waals surface area contributed by atoms with Crippen LogP contribution in [0.1, 0.15) is 38.2 Å². The number of fused-ring (bicyclic) bond motifs is 1. The monoisotopic (exact) mass is 517 g/mol. The molecule has 0 unspecified atom stereocenters. The molecule has 1 N–H and O–H groups in total. The highest BCUT2D eigenvalue weighted by molar-refractivity contribution is 5.96. The Bertz CT molecular complexity index is 1440. The van der Waals surface area contributed by atoms with Crippen LogP contribution in [0.15, 0.2) is 53.2 Å². The van der Waals surface area contributed by atoms with E-state index in [-0.39, 0.29) is 18.4 Å². The van der Waals surface area contributed by atoms with Crippen molar-refractivity contribution in [2.24, 2.45) is 0 Å². The topological polar surface area (TPSA) is 114 Å². The number of rotatable bonds is 5. The lowest BCUT2D eigenvalue weighted by Crippen LogP contribution is -2.50. The molecular formula is C28H31N5O5. The molecule has 4 aromatic rings. The van der Waals surface area contributed by atoms with E-state index in [1.807, 2.05) is 51.1 Å². The number of piperazine rings is 1. The quantitative estimate of drug-likeness (QED) is 0.363. The SMILES string of the molecule is CCOC(=O)c1nc(-c2ccnc3[nH]ccc23)oc1-c1ccc(N2CCN(C(=O)OC(C)(C)C)CC2)cc1. The molecule has 0 atom stereocenters. The van der Waals surface area contributed by atoms with Crippen LogP contribution in [0.2, 0.25) is 0 Å². The maximum absolute atomic E-state index is 12.8. The fourth-order valence-electron chi connectivity index (χ4n) is 4.41. The first-order chi connectivity index (χ1) is 18.2. The van der Waals surface area contributed by atoms with Crippen LogP contribution in [0, 0.1) is 0 Å². The molecule has 0 saturated carbocycles. The predicted molar refractivity (Wildman–Crippen MR) is 143 cm³/mol. The lowest BCUT2D eigenvalue weighted by molar-refractivity contribution is 0.0240. The number of benzene rings is 1. The Balaban J connectivity index is 1.37. The molecule has 10 nitrogen and oxygen atoms in total. The molecule has 1 aliphatic heterocycles. The Morgan fingerprint density at radius 2 is 1.79 bits per heavy atom. The van der Waals surface area contributed by atoms with Crippen LogP contribution in [0.25, 0.3) is 33.8 Å². The van der Waals surface area contributed by atoms with Gasteiger partial charge in [-0.25, -0.2) is 19.6 Å². The van der Waals surface area contributed by atoms with E-state index in [0.717, 1.165) is 16.6 Å². The number of hydrogen-bond acceptors (Lipinski definition) is 8. The molecule has 0 aliphatic carbocycles. The lowest BCUT2D eigenvalue weighted by atomic mass is 10.1. The van der Waals surface area contributed by atoms with Crippen LogP contribution < -0.4 is 4.90 Å². The van der Waals surface area contributed by atoms with Gasteiger partial charge in [0.15, 0.2) is 11.5 Å². The fraction of sp³-hybridized carbons (Fsp3) is 0.357. The number of oxazole rings is 1. The number of nitrogens with zero attached hydrogens (tertiary/aromatic N) is 4. The van der Waals surface area contributed by atoms with Crippen LogP contribution in [-0.4, -0.2) is 70.3 Å². The van der Waals surface area contributed by atoms with Gasteiger partial charge in [0.2, 0.25) is 5.89 Å². The minimum absolute atomic E-state index is 0.126. The molecule has 10 heteroatoms. The molecule has 5 rings (SSSR count). The number of hydrogen-bond donors (Lipinski definition) is 1. The summed E-state index contributed by atoms with van der Waals surface area (Å²) in [6.07, 6.45) is 3.18. The molecule has 38 heavy (non-hydrogen) atoms. The van der Waals surface area contributed by atoms with E-state index in [1.165, 1.54) is 0 Å². The van der Waals surface area contributed by atoms with Gasteiger partial charge in [0.25, 0.3) is 0 Å². The number of esters is 1. The number of H-pyrrole nitrogens is 1. The smallest absolute Gasteiger partial charge is 0.410 e. The molecule has 1 amide bonds. The highest BCUT2D eigenvalue weighted by atomic mass is 16.6. The van der Waals surface area contributed by atoms with Crippen molar-refractivity contribution in [1.29, 1.82) is 0 Å². The number of carbonyl (C=O) groups is 2. The van der Waals surface area contributed by atoms with Gasteiger partial charge in [-0.2, -0.15) is 0 Å². The minimum atomic E-state index is -0.542. The van der Waals surface area contributed by atoms with Crippen molar-refractivity contribution < 1.29 is 23.5 Å². The highest BCUT2D eigenvalue weighted by Crippen LogP contribution is 2.34. The first-order valence-corrected chi connectivity index (χ1v) is 12.7. The molecule has 0 bridgehead atoms. The van der Waals surface area contributed by atoms with E-state index in [0.29, 0.717) is 49.0 Å². The van der Waals surface area contributed by atoms with Crippen molar-refractivity contribution in [2.45, 2.75) is 33.3 Å². The molecule has 0 spiro atoms. The van der Waals surface area contributed by atoms with E-state index >= 15 is 0 Å². The number of ether oxygens (including phenoxy) is 2. The average Bonchev–Trinajstić information content (AvgIpc) is 3.56. The summed E-state index contributed by atoms with van der Waals surface area (Å²) in [5.41, 5.74) is 2.77. The van der Waals surface area contributed by atoms with Crippen LogP contribution in [-0.2, 0) is 9.47 Å². The average molecular weight is 518 g/mol. The Labute approximate surface area is 220 Å². The molecule has 1 saturated heterocycles. The zero-order valence-electron chi connectivity index (χ0n) is 22.0. The molecule has 1 fully saturated rings. The Morgan fingerprint density at radius 3 is 2.47 bits per heavy atom. The second kappa shape index (κ2) is 10.2. The fourth-order valence-corrected chi connectivity index (χ4v) is 4.41. The molecule has 3 aromatic heterocycles. The zero-order valence-corrected chi connectivity index (χ0v) is 22.0. The predicted octanol–water partition coefficient (Wildman–Crippen LogP) is 5.12. The van der Waals surface area contributed by atoms with E-state index in [4.69, 9.17) is 13.9 Å². The van der Waals surface area contributed by atoms with Crippen molar-refractivity contribution in [3.63, 3.8) is 0 Å². The summed E-state index contributed by atoms with van der Waals surface area (Å²) in [5, 5.41) is 0.844. The molecule has 1 aromatic carbocycles. The van der Waals surface area contributed by atoms with Gasteiger partial charge in [-0.05, 0) is 64.1 Å². The van der Waals surface area contributed by atoms with Gasteiger partial charge in [-0.15, -0.1) is 0 Å². The van der Waals surface area contributed by atoms with Crippen molar-refractivity contribution in [3.05, 3.63) is 54.5 Å². The number of pyridine rings is 1. The summed E-state index contributed by atoms with van der Waals surface area (Å²) in [6, 6.07) is 11.5. The van der Waals surface area contributed by atoms with Crippen LogP contribution in [0.3, 0.4) is 0 Å². The molecular weight excluding hydrogens is 486 g/mol. The standard InChI is InChI=1S/C28H31N5O5/c1-5-36-26(34)22-23(37-25(31-22)21-11-13-30-24-20(21)10-12-29-24)18-6-8-19(9-7-18)32-14-16-33(17-15-32)27(35)38-28(2,3)4/h6-13H,5,14-17H2,1-4H3,(H,29,30). The lowest BCUT2D eigenvalue weighted by Gasteiger charge is -2.36. The van der Waals surface area contributed by atoms with Crippen molar-refractivity contribution in [2.75, 3.05) is 37.7 Å². The third-order valence-electron chi connectivity index (χ3n) is 6.21. The number of amides is 1. The summed E-state index contributed by atoms with van der Waals surface area (Å²) < 4.78 is 16.9. The van der Waals surface area contributed by atoms with Gasteiger partial charge in [0.1, 0.15) is 11.2 Å². The maximum atomic E-state index is 12.8. The van der Waals surface area contributed by atoms with Crippen LogP contribution >= 0.6 is 0 Å². The first kappa shape index (κ1) is 25.3. The number of anilines is 1. The number of aromatic nitrogens is 3. The molecule has 1 aliphatic rings. The largest absolute Gasteiger partial charge is 0.461 e. The molecule has 4 heterocycles. The molecule has 198 valence electrons. The zero-order chi connectivity index (χ0) is 26.9. The van der Waals surface area contributed by atoms with Crippen molar-refractivity contribution in [3.8, 4) is 22.8 Å². The second-order valence-corrected chi connectivity index (χ2v) is 10.0. The first-order valence-electron chi connectivity index (χ1n) is 12.7. The van der Waals surface area contributed by atoms with E-state index < -0.39 is 11.6 Å². The van der Waals surface area contributed by atoms with Crippen LogP contribution in [0.4, 0.5) is 10.5 Å². The summed E-state index contributed by atoms with van der Waals surface area (Å²) in [5.74, 6) is 0.122. The normalized spacial score (nSPS) is 14.1. The van der Waals surface area contributed by atoms with E-state index in [1.54, 1.807) is 30.3 Å². The number of nitrogens with one attached hydrogen (secondary N) is 1. The maximum Gasteiger partial charge on any atom is 0.410 e.